The quantitative estimate of drug-likeness (QED) is 0.735. The number of benzene rings is 1. The lowest BCUT2D eigenvalue weighted by molar-refractivity contribution is -0.137. The smallest absolute Gasteiger partial charge is 0.325 e. The highest BCUT2D eigenvalue weighted by Gasteiger charge is 2.31. The first-order valence-corrected chi connectivity index (χ1v) is 6.82. The van der Waals surface area contributed by atoms with E-state index in [0.29, 0.717) is 9.26 Å². The minimum absolute atomic E-state index is 0.194. The summed E-state index contributed by atoms with van der Waals surface area (Å²) in [5.74, 6) is 0. The Labute approximate surface area is 131 Å². The van der Waals surface area contributed by atoms with Gasteiger partial charge in [-0.05, 0) is 59.3 Å². The molecule has 0 bridgehead atoms. The average Bonchev–Trinajstić information content (AvgIpc) is 2.36. The maximum atomic E-state index is 12.9. The molecule has 0 saturated heterocycles. The van der Waals surface area contributed by atoms with E-state index in [9.17, 15) is 18.0 Å². The van der Waals surface area contributed by atoms with Crippen LogP contribution in [0.3, 0.4) is 0 Å². The van der Waals surface area contributed by atoms with E-state index >= 15 is 0 Å². The van der Waals surface area contributed by atoms with E-state index in [1.807, 2.05) is 0 Å². The molecule has 1 N–H and O–H groups in total. The molecule has 0 amide bonds. The molecule has 0 fully saturated rings. The number of nitrogens with one attached hydrogen (secondary N) is 1. The van der Waals surface area contributed by atoms with E-state index in [1.165, 1.54) is 12.1 Å². The summed E-state index contributed by atoms with van der Waals surface area (Å²) in [5.41, 5.74) is -0.758. The number of halogens is 4. The number of H-pyrrole nitrogens is 1. The summed E-state index contributed by atoms with van der Waals surface area (Å²) < 4.78 is 39.0. The van der Waals surface area contributed by atoms with Gasteiger partial charge in [0.05, 0.1) is 5.56 Å². The standard InChI is InChI=1S/C14H8F3IN2O/c1-7-2-11(12(6-19)13(21)20-7)8-3-9(14(15,16)17)5-10(18)4-8/h2-5H,1H3,(H,20,21). The molecule has 0 aliphatic rings. The van der Waals surface area contributed by atoms with Crippen LogP contribution in [0.2, 0.25) is 0 Å². The van der Waals surface area contributed by atoms with Gasteiger partial charge in [-0.3, -0.25) is 4.79 Å². The predicted octanol–water partition coefficient (Wildman–Crippen LogP) is 3.85. The molecule has 7 heteroatoms. The fraction of sp³-hybridized carbons (Fsp3) is 0.143. The number of alkyl halides is 3. The Bertz CT molecular complexity index is 803. The molecule has 1 heterocycles. The van der Waals surface area contributed by atoms with Crippen LogP contribution in [-0.4, -0.2) is 4.98 Å². The first-order chi connectivity index (χ1) is 9.72. The zero-order valence-electron chi connectivity index (χ0n) is 10.7. The summed E-state index contributed by atoms with van der Waals surface area (Å²) in [5, 5.41) is 9.06. The lowest BCUT2D eigenvalue weighted by atomic mass is 9.99. The minimum atomic E-state index is -4.49. The van der Waals surface area contributed by atoms with Gasteiger partial charge in [-0.15, -0.1) is 0 Å². The molecule has 0 radical (unpaired) electrons. The summed E-state index contributed by atoms with van der Waals surface area (Å²) in [7, 11) is 0. The Morgan fingerprint density at radius 3 is 2.48 bits per heavy atom. The van der Waals surface area contributed by atoms with E-state index in [0.717, 1.165) is 12.1 Å². The number of hydrogen-bond acceptors (Lipinski definition) is 2. The summed E-state index contributed by atoms with van der Waals surface area (Å²) in [6.07, 6.45) is -4.49. The van der Waals surface area contributed by atoms with Crippen molar-refractivity contribution in [3.05, 3.63) is 55.0 Å². The van der Waals surface area contributed by atoms with Crippen LogP contribution in [-0.2, 0) is 6.18 Å². The van der Waals surface area contributed by atoms with Crippen LogP contribution in [0.15, 0.2) is 29.1 Å². The van der Waals surface area contributed by atoms with E-state index < -0.39 is 17.3 Å². The molecule has 0 aliphatic heterocycles. The van der Waals surface area contributed by atoms with E-state index in [-0.39, 0.29) is 16.7 Å². The van der Waals surface area contributed by atoms with Gasteiger partial charge in [0.1, 0.15) is 11.6 Å². The van der Waals surface area contributed by atoms with E-state index in [2.05, 4.69) is 4.98 Å². The molecule has 0 saturated carbocycles. The zero-order chi connectivity index (χ0) is 15.8. The van der Waals surface area contributed by atoms with E-state index in [4.69, 9.17) is 5.26 Å². The van der Waals surface area contributed by atoms with Crippen LogP contribution < -0.4 is 5.56 Å². The molecular weight excluding hydrogens is 396 g/mol. The van der Waals surface area contributed by atoms with Gasteiger partial charge in [-0.25, -0.2) is 0 Å². The number of aromatic amines is 1. The van der Waals surface area contributed by atoms with Crippen molar-refractivity contribution in [2.75, 3.05) is 0 Å². The number of hydrogen-bond donors (Lipinski definition) is 1. The van der Waals surface area contributed by atoms with Crippen LogP contribution in [0, 0.1) is 21.8 Å². The number of nitriles is 1. The number of rotatable bonds is 1. The van der Waals surface area contributed by atoms with Gasteiger partial charge < -0.3 is 4.98 Å². The Balaban J connectivity index is 2.77. The molecule has 0 unspecified atom stereocenters. The van der Waals surface area contributed by atoms with Gasteiger partial charge >= 0.3 is 6.18 Å². The molecule has 1 aromatic heterocycles. The van der Waals surface area contributed by atoms with Crippen molar-refractivity contribution in [1.82, 2.24) is 4.98 Å². The summed E-state index contributed by atoms with van der Waals surface area (Å²) in [4.78, 5) is 14.2. The lowest BCUT2D eigenvalue weighted by Gasteiger charge is -2.11. The summed E-state index contributed by atoms with van der Waals surface area (Å²) >= 11 is 1.77. The lowest BCUT2D eigenvalue weighted by Crippen LogP contribution is -2.13. The van der Waals surface area contributed by atoms with Crippen LogP contribution in [0.4, 0.5) is 13.2 Å². The molecule has 1 aromatic carbocycles. The van der Waals surface area contributed by atoms with Gasteiger partial charge in [0.25, 0.3) is 5.56 Å². The topological polar surface area (TPSA) is 56.6 Å². The minimum Gasteiger partial charge on any atom is -0.325 e. The first-order valence-electron chi connectivity index (χ1n) is 5.74. The highest BCUT2D eigenvalue weighted by Crippen LogP contribution is 2.34. The Morgan fingerprint density at radius 2 is 1.90 bits per heavy atom. The van der Waals surface area contributed by atoms with Gasteiger partial charge in [-0.2, -0.15) is 18.4 Å². The highest BCUT2D eigenvalue weighted by molar-refractivity contribution is 14.1. The normalized spacial score (nSPS) is 11.2. The van der Waals surface area contributed by atoms with Gasteiger partial charge in [0, 0.05) is 14.8 Å². The van der Waals surface area contributed by atoms with Gasteiger partial charge in [0.15, 0.2) is 0 Å². The monoisotopic (exact) mass is 404 g/mol. The van der Waals surface area contributed by atoms with Crippen molar-refractivity contribution >= 4 is 22.6 Å². The zero-order valence-corrected chi connectivity index (χ0v) is 12.8. The summed E-state index contributed by atoms with van der Waals surface area (Å²) in [6, 6.07) is 6.69. The number of aryl methyl sites for hydroxylation is 1. The van der Waals surface area contributed by atoms with Crippen LogP contribution in [0.25, 0.3) is 11.1 Å². The Hall–Kier alpha value is -1.82. The van der Waals surface area contributed by atoms with Gasteiger partial charge in [0.2, 0.25) is 0 Å². The predicted molar refractivity (Wildman–Crippen MR) is 79.7 cm³/mol. The van der Waals surface area contributed by atoms with E-state index in [1.54, 1.807) is 35.6 Å². The molecule has 2 aromatic rings. The Kier molecular flexibility index (Phi) is 4.09. The Morgan fingerprint density at radius 1 is 1.24 bits per heavy atom. The second-order valence-corrected chi connectivity index (χ2v) is 5.65. The largest absolute Gasteiger partial charge is 0.416 e. The molecule has 0 aliphatic carbocycles. The molecule has 0 atom stereocenters. The third-order valence-electron chi connectivity index (χ3n) is 2.82. The number of nitrogens with zero attached hydrogens (tertiary/aromatic N) is 1. The first kappa shape index (κ1) is 15.6. The van der Waals surface area contributed by atoms with Crippen LogP contribution in [0.5, 0.6) is 0 Å². The second kappa shape index (κ2) is 5.52. The molecule has 21 heavy (non-hydrogen) atoms. The molecular formula is C14H8F3IN2O. The summed E-state index contributed by atoms with van der Waals surface area (Å²) in [6.45, 7) is 1.60. The van der Waals surface area contributed by atoms with Crippen LogP contribution >= 0.6 is 22.6 Å². The maximum Gasteiger partial charge on any atom is 0.416 e. The maximum absolute atomic E-state index is 12.9. The molecule has 0 spiro atoms. The van der Waals surface area contributed by atoms with Crippen molar-refractivity contribution in [3.8, 4) is 17.2 Å². The van der Waals surface area contributed by atoms with Crippen LogP contribution in [0.1, 0.15) is 16.8 Å². The number of pyridine rings is 1. The molecule has 108 valence electrons. The van der Waals surface area contributed by atoms with Crippen molar-refractivity contribution in [2.24, 2.45) is 0 Å². The fourth-order valence-electron chi connectivity index (χ4n) is 1.94. The van der Waals surface area contributed by atoms with Crippen molar-refractivity contribution in [2.45, 2.75) is 13.1 Å². The third-order valence-corrected chi connectivity index (χ3v) is 3.44. The third kappa shape index (κ3) is 3.26. The molecule has 3 nitrogen and oxygen atoms in total. The fourth-order valence-corrected chi connectivity index (χ4v) is 2.61. The second-order valence-electron chi connectivity index (χ2n) is 4.41. The molecule has 2 rings (SSSR count). The van der Waals surface area contributed by atoms with Gasteiger partial charge in [-0.1, -0.05) is 0 Å². The average molecular weight is 404 g/mol. The van der Waals surface area contributed by atoms with Crippen molar-refractivity contribution < 1.29 is 13.2 Å². The SMILES string of the molecule is Cc1cc(-c2cc(I)cc(C(F)(F)F)c2)c(C#N)c(=O)[nH]1. The highest BCUT2D eigenvalue weighted by atomic mass is 127. The van der Waals surface area contributed by atoms with Crippen molar-refractivity contribution in [3.63, 3.8) is 0 Å². The number of aromatic nitrogens is 1. The van der Waals surface area contributed by atoms with Crippen molar-refractivity contribution in [1.29, 1.82) is 5.26 Å².